The van der Waals surface area contributed by atoms with Crippen LogP contribution in [-0.4, -0.2) is 31.5 Å². The molecular weight excluding hydrogens is 496 g/mol. The molecule has 11 heteroatoms. The third-order valence-corrected chi connectivity index (χ3v) is 6.79. The lowest BCUT2D eigenvalue weighted by atomic mass is 10.1. The van der Waals surface area contributed by atoms with Crippen molar-refractivity contribution in [3.05, 3.63) is 58.2 Å². The number of carboxylic acids is 1. The molecule has 190 valence electrons. The molecule has 10 nitrogen and oxygen atoms in total. The summed E-state index contributed by atoms with van der Waals surface area (Å²) in [5, 5.41) is 11.6. The van der Waals surface area contributed by atoms with Gasteiger partial charge in [-0.25, -0.2) is 4.79 Å². The number of carbonyl (C=O) groups excluding carboxylic acids is 1. The number of unbranched alkanes of at least 4 members (excludes halogenated alkanes) is 1. The van der Waals surface area contributed by atoms with Gasteiger partial charge in [0.25, 0.3) is 5.89 Å². The Kier molecular flexibility index (Phi) is 7.18. The van der Waals surface area contributed by atoms with E-state index in [0.29, 0.717) is 48.1 Å². The average molecular weight is 521 g/mol. The summed E-state index contributed by atoms with van der Waals surface area (Å²) >= 11 is 1.32. The summed E-state index contributed by atoms with van der Waals surface area (Å²) in [4.78, 5) is 32.8. The van der Waals surface area contributed by atoms with Gasteiger partial charge in [-0.05, 0) is 61.5 Å². The summed E-state index contributed by atoms with van der Waals surface area (Å²) in [6.45, 7) is 1.82. The highest BCUT2D eigenvalue weighted by Crippen LogP contribution is 2.46. The molecule has 0 radical (unpaired) electrons. The highest BCUT2D eigenvalue weighted by molar-refractivity contribution is 7.06. The number of amides is 1. The van der Waals surface area contributed by atoms with Crippen molar-refractivity contribution >= 4 is 40.7 Å². The maximum absolute atomic E-state index is 12.7. The van der Waals surface area contributed by atoms with Crippen LogP contribution in [0.5, 0.6) is 0 Å². The Morgan fingerprint density at radius 3 is 2.73 bits per heavy atom. The number of anilines is 1. The van der Waals surface area contributed by atoms with Gasteiger partial charge in [0.1, 0.15) is 6.10 Å². The zero-order valence-corrected chi connectivity index (χ0v) is 20.8. The summed E-state index contributed by atoms with van der Waals surface area (Å²) < 4.78 is 21.1. The van der Waals surface area contributed by atoms with Crippen LogP contribution in [0.3, 0.4) is 0 Å². The lowest BCUT2D eigenvalue weighted by molar-refractivity contribution is -0.137. The Morgan fingerprint density at radius 1 is 1.19 bits per heavy atom. The number of benzene rings is 1. The quantitative estimate of drug-likeness (QED) is 0.211. The number of hydrogen-bond donors (Lipinski definition) is 2. The molecule has 2 N–H and O–H groups in total. The topological polar surface area (TPSA) is 141 Å². The number of nitrogens with one attached hydrogen (secondary N) is 1. The second kappa shape index (κ2) is 10.8. The standard InChI is InChI=1S/C26H24N4O6S/c1-15(16-7-3-2-4-8-16)34-26(33)29-22-18(30-37-23(22)17-11-12-17)13-14-20-28-24-25(36-20)35-19(27-24)9-5-6-10-21(31)32/h2-4,7-8,15,17H,5-6,9-12H2,1H3,(H,29,33)(H,31,32). The molecule has 1 fully saturated rings. The number of rotatable bonds is 9. The van der Waals surface area contributed by atoms with Crippen LogP contribution < -0.4 is 5.32 Å². The first-order valence-corrected chi connectivity index (χ1v) is 12.8. The molecule has 1 atom stereocenters. The number of aryl methyl sites for hydroxylation is 1. The molecule has 4 aromatic rings. The van der Waals surface area contributed by atoms with Crippen LogP contribution in [0.4, 0.5) is 10.5 Å². The van der Waals surface area contributed by atoms with Gasteiger partial charge in [-0.1, -0.05) is 30.3 Å². The number of hydrogen-bond acceptors (Lipinski definition) is 9. The monoisotopic (exact) mass is 520 g/mol. The Balaban J connectivity index is 1.27. The number of aromatic nitrogens is 3. The van der Waals surface area contributed by atoms with Gasteiger partial charge < -0.3 is 18.7 Å². The second-order valence-corrected chi connectivity index (χ2v) is 9.52. The van der Waals surface area contributed by atoms with Crippen molar-refractivity contribution in [2.24, 2.45) is 0 Å². The SMILES string of the molecule is CC(OC(=O)Nc1c(C#Cc2nc3nc(CCCCC(=O)O)oc3o2)nsc1C1CC1)c1ccccc1. The molecule has 1 amide bonds. The normalized spacial score (nSPS) is 13.6. The fraction of sp³-hybridized carbons (Fsp3) is 0.346. The number of carboxylic acid groups (broad SMARTS) is 1. The smallest absolute Gasteiger partial charge is 0.412 e. The van der Waals surface area contributed by atoms with E-state index in [1.165, 1.54) is 11.5 Å². The van der Waals surface area contributed by atoms with Crippen molar-refractivity contribution in [2.75, 3.05) is 5.32 Å². The van der Waals surface area contributed by atoms with Gasteiger partial charge in [-0.15, -0.1) is 0 Å². The van der Waals surface area contributed by atoms with Crippen LogP contribution in [-0.2, 0) is 16.0 Å². The Bertz CT molecular complexity index is 1440. The highest BCUT2D eigenvalue weighted by Gasteiger charge is 2.31. The number of carbonyl (C=O) groups is 2. The molecule has 0 aliphatic heterocycles. The first-order valence-electron chi connectivity index (χ1n) is 12.0. The van der Waals surface area contributed by atoms with E-state index in [4.69, 9.17) is 18.7 Å². The first kappa shape index (κ1) is 24.5. The third-order valence-electron chi connectivity index (χ3n) is 5.79. The maximum atomic E-state index is 12.7. The number of oxazole rings is 2. The zero-order valence-electron chi connectivity index (χ0n) is 20.0. The van der Waals surface area contributed by atoms with Crippen molar-refractivity contribution in [3.63, 3.8) is 0 Å². The summed E-state index contributed by atoms with van der Waals surface area (Å²) in [5.74, 6) is 6.02. The van der Waals surface area contributed by atoms with Crippen LogP contribution in [0.25, 0.3) is 11.4 Å². The van der Waals surface area contributed by atoms with Crippen molar-refractivity contribution in [1.82, 2.24) is 14.3 Å². The van der Waals surface area contributed by atoms with E-state index >= 15 is 0 Å². The number of aliphatic carboxylic acids is 1. The maximum Gasteiger partial charge on any atom is 0.412 e. The van der Waals surface area contributed by atoms with Gasteiger partial charge in [-0.3, -0.25) is 10.1 Å². The van der Waals surface area contributed by atoms with E-state index in [9.17, 15) is 9.59 Å². The largest absolute Gasteiger partial charge is 0.481 e. The molecule has 1 aliphatic rings. The lowest BCUT2D eigenvalue weighted by Gasteiger charge is -2.14. The number of nitrogens with zero attached hydrogens (tertiary/aromatic N) is 3. The van der Waals surface area contributed by atoms with Gasteiger partial charge >= 0.3 is 17.8 Å². The Morgan fingerprint density at radius 2 is 2.00 bits per heavy atom. The molecule has 1 aliphatic carbocycles. The zero-order chi connectivity index (χ0) is 25.8. The van der Waals surface area contributed by atoms with Crippen molar-refractivity contribution in [1.29, 1.82) is 0 Å². The van der Waals surface area contributed by atoms with E-state index in [-0.39, 0.29) is 18.1 Å². The summed E-state index contributed by atoms with van der Waals surface area (Å²) in [7, 11) is 0. The molecule has 0 saturated heterocycles. The molecular formula is C26H24N4O6S. The first-order chi connectivity index (χ1) is 18.0. The number of ether oxygens (including phenoxy) is 1. The predicted octanol–water partition coefficient (Wildman–Crippen LogP) is 5.66. The minimum atomic E-state index is -0.826. The molecule has 0 bridgehead atoms. The minimum absolute atomic E-state index is 0.106. The van der Waals surface area contributed by atoms with E-state index in [1.54, 1.807) is 0 Å². The van der Waals surface area contributed by atoms with Gasteiger partial charge in [0.15, 0.2) is 5.69 Å². The van der Waals surface area contributed by atoms with E-state index in [2.05, 4.69) is 31.5 Å². The molecule has 1 aromatic carbocycles. The molecule has 37 heavy (non-hydrogen) atoms. The summed E-state index contributed by atoms with van der Waals surface area (Å²) in [5.41, 5.74) is 2.17. The third kappa shape index (κ3) is 6.16. The van der Waals surface area contributed by atoms with Crippen LogP contribution in [0.1, 0.15) is 79.0 Å². The van der Waals surface area contributed by atoms with Crippen LogP contribution in [0.15, 0.2) is 39.2 Å². The van der Waals surface area contributed by atoms with Crippen LogP contribution >= 0.6 is 11.5 Å². The number of fused-ring (bicyclic) bond motifs is 1. The van der Waals surface area contributed by atoms with Crippen molar-refractivity contribution < 1.29 is 28.3 Å². The van der Waals surface area contributed by atoms with E-state index < -0.39 is 18.2 Å². The van der Waals surface area contributed by atoms with Gasteiger partial charge in [-0.2, -0.15) is 14.3 Å². The lowest BCUT2D eigenvalue weighted by Crippen LogP contribution is -2.17. The minimum Gasteiger partial charge on any atom is -0.481 e. The van der Waals surface area contributed by atoms with Gasteiger partial charge in [0.2, 0.25) is 11.5 Å². The van der Waals surface area contributed by atoms with Crippen molar-refractivity contribution in [2.45, 2.75) is 57.5 Å². The van der Waals surface area contributed by atoms with Crippen LogP contribution in [0, 0.1) is 11.8 Å². The molecule has 1 unspecified atom stereocenters. The molecule has 5 rings (SSSR count). The fourth-order valence-electron chi connectivity index (χ4n) is 3.73. The predicted molar refractivity (Wildman–Crippen MR) is 134 cm³/mol. The second-order valence-electron chi connectivity index (χ2n) is 8.72. The van der Waals surface area contributed by atoms with E-state index in [0.717, 1.165) is 23.3 Å². The molecule has 3 aromatic heterocycles. The van der Waals surface area contributed by atoms with Gasteiger partial charge in [0, 0.05) is 18.8 Å². The van der Waals surface area contributed by atoms with Gasteiger partial charge in [0.05, 0.1) is 10.6 Å². The Labute approximate surface area is 216 Å². The fourth-order valence-corrected chi connectivity index (χ4v) is 4.68. The van der Waals surface area contributed by atoms with E-state index in [1.807, 2.05) is 37.3 Å². The Hall–Kier alpha value is -4.17. The average Bonchev–Trinajstić information content (AvgIpc) is 3.38. The molecule has 1 saturated carbocycles. The summed E-state index contributed by atoms with van der Waals surface area (Å²) in [6.07, 6.45) is 2.87. The van der Waals surface area contributed by atoms with Crippen molar-refractivity contribution in [3.8, 4) is 11.8 Å². The molecule has 3 heterocycles. The summed E-state index contributed by atoms with van der Waals surface area (Å²) in [6, 6.07) is 9.51. The highest BCUT2D eigenvalue weighted by atomic mass is 32.1. The van der Waals surface area contributed by atoms with Crippen LogP contribution in [0.2, 0.25) is 0 Å². The molecule has 0 spiro atoms.